The Morgan fingerprint density at radius 2 is 0.643 bits per heavy atom. The molecule has 0 aliphatic rings. The number of halogens is 1. The predicted molar refractivity (Wildman–Crippen MR) is 68.3 cm³/mol. The highest BCUT2D eigenvalue weighted by molar-refractivity contribution is 5.85. The Balaban J connectivity index is 0. The molecule has 0 amide bonds. The molecule has 0 aromatic carbocycles. The van der Waals surface area contributed by atoms with Gasteiger partial charge in [0, 0.05) is 16.6 Å². The van der Waals surface area contributed by atoms with Crippen LogP contribution in [0.3, 0.4) is 0 Å². The summed E-state index contributed by atoms with van der Waals surface area (Å²) in [7, 11) is 0. The van der Waals surface area contributed by atoms with E-state index in [1.807, 2.05) is 0 Å². The average Bonchev–Trinajstić information content (AvgIpc) is 1.44. The zero-order chi connectivity index (χ0) is 11.1. The Hall–Kier alpha value is 0.250. The van der Waals surface area contributed by atoms with Crippen LogP contribution in [0.5, 0.6) is 0 Å². The normalized spacial score (nSPS) is 14.1. The van der Waals surface area contributed by atoms with Crippen molar-refractivity contribution < 1.29 is 0 Å². The van der Waals surface area contributed by atoms with Gasteiger partial charge < -0.3 is 0 Å². The fourth-order valence-corrected chi connectivity index (χ4v) is 3.02. The van der Waals surface area contributed by atoms with Crippen molar-refractivity contribution in [2.45, 2.75) is 78.9 Å². The maximum atomic E-state index is 2.56. The summed E-state index contributed by atoms with van der Waals surface area (Å²) in [5.74, 6) is 0. The van der Waals surface area contributed by atoms with E-state index < -0.39 is 0 Å². The Morgan fingerprint density at radius 3 is 0.643 bits per heavy atom. The third kappa shape index (κ3) is 4.65. The molecular formula is C12H28ClN. The van der Waals surface area contributed by atoms with Crippen molar-refractivity contribution in [1.29, 1.82) is 0 Å². The third-order valence-electron chi connectivity index (χ3n) is 2.01. The lowest BCUT2D eigenvalue weighted by atomic mass is 9.88. The molecule has 14 heavy (non-hydrogen) atoms. The lowest BCUT2D eigenvalue weighted by Gasteiger charge is -2.53. The molecule has 0 aliphatic heterocycles. The van der Waals surface area contributed by atoms with Gasteiger partial charge in [-0.15, -0.1) is 12.4 Å². The summed E-state index contributed by atoms with van der Waals surface area (Å²) in [6.45, 7) is 20.5. The molecule has 1 nitrogen and oxygen atoms in total. The van der Waals surface area contributed by atoms with Crippen LogP contribution in [0.2, 0.25) is 0 Å². The van der Waals surface area contributed by atoms with Crippen LogP contribution in [-0.2, 0) is 0 Å². The molecule has 0 radical (unpaired) electrons. The largest absolute Gasteiger partial charge is 0.289 e. The molecule has 0 fully saturated rings. The second kappa shape index (κ2) is 4.40. The van der Waals surface area contributed by atoms with E-state index in [0.29, 0.717) is 0 Å². The summed E-state index contributed by atoms with van der Waals surface area (Å²) < 4.78 is 0. The lowest BCUT2D eigenvalue weighted by molar-refractivity contribution is -0.0402. The number of nitrogens with zero attached hydrogens (tertiary/aromatic N) is 1. The van der Waals surface area contributed by atoms with E-state index in [-0.39, 0.29) is 29.0 Å². The van der Waals surface area contributed by atoms with E-state index in [9.17, 15) is 0 Å². The Bertz CT molecular complexity index is 133. The predicted octanol–water partition coefficient (Wildman–Crippen LogP) is 4.11. The van der Waals surface area contributed by atoms with Gasteiger partial charge in [-0.2, -0.15) is 0 Å². The van der Waals surface area contributed by atoms with Crippen molar-refractivity contribution in [3.05, 3.63) is 0 Å². The van der Waals surface area contributed by atoms with E-state index in [4.69, 9.17) is 0 Å². The molecule has 0 aromatic heterocycles. The molecular weight excluding hydrogens is 194 g/mol. The Kier molecular flexibility index (Phi) is 5.24. The molecule has 0 N–H and O–H groups in total. The van der Waals surface area contributed by atoms with Gasteiger partial charge in [0.15, 0.2) is 0 Å². The van der Waals surface area contributed by atoms with Gasteiger partial charge in [-0.25, -0.2) is 0 Å². The fraction of sp³-hybridized carbons (Fsp3) is 1.00. The van der Waals surface area contributed by atoms with Crippen LogP contribution in [0.1, 0.15) is 62.3 Å². The average molecular weight is 222 g/mol. The van der Waals surface area contributed by atoms with E-state index >= 15 is 0 Å². The molecule has 0 spiro atoms. The van der Waals surface area contributed by atoms with Gasteiger partial charge in [-0.1, -0.05) is 0 Å². The molecule has 0 heterocycles. The highest BCUT2D eigenvalue weighted by atomic mass is 35.5. The van der Waals surface area contributed by atoms with Gasteiger partial charge in [-0.3, -0.25) is 4.90 Å². The minimum absolute atomic E-state index is 0. The SMILES string of the molecule is CC(C)(C)N(C(C)(C)C)C(C)(C)C.Cl. The maximum Gasteiger partial charge on any atom is 0.0135 e. The van der Waals surface area contributed by atoms with Crippen molar-refractivity contribution in [1.82, 2.24) is 4.90 Å². The summed E-state index contributed by atoms with van der Waals surface area (Å²) in [5, 5.41) is 0. The molecule has 0 aromatic rings. The van der Waals surface area contributed by atoms with Gasteiger partial charge in [-0.05, 0) is 62.3 Å². The summed E-state index contributed by atoms with van der Waals surface area (Å²) in [6, 6.07) is 0. The van der Waals surface area contributed by atoms with Crippen molar-refractivity contribution >= 4 is 12.4 Å². The molecule has 2 heteroatoms. The molecule has 0 unspecified atom stereocenters. The van der Waals surface area contributed by atoms with Gasteiger partial charge in [0.25, 0.3) is 0 Å². The zero-order valence-electron chi connectivity index (χ0n) is 11.4. The van der Waals surface area contributed by atoms with Gasteiger partial charge in [0.2, 0.25) is 0 Å². The van der Waals surface area contributed by atoms with Crippen LogP contribution in [0.25, 0.3) is 0 Å². The second-order valence-electron chi connectivity index (χ2n) is 6.85. The smallest absolute Gasteiger partial charge is 0.0135 e. The zero-order valence-corrected chi connectivity index (χ0v) is 12.2. The first-order chi connectivity index (χ1) is 5.37. The minimum atomic E-state index is 0. The molecule has 0 bridgehead atoms. The topological polar surface area (TPSA) is 3.24 Å². The summed E-state index contributed by atoms with van der Waals surface area (Å²) >= 11 is 0. The van der Waals surface area contributed by atoms with Crippen molar-refractivity contribution in [3.63, 3.8) is 0 Å². The molecule has 0 atom stereocenters. The first-order valence-corrected chi connectivity index (χ1v) is 5.17. The van der Waals surface area contributed by atoms with Gasteiger partial charge in [0.1, 0.15) is 0 Å². The minimum Gasteiger partial charge on any atom is -0.289 e. The fourth-order valence-electron chi connectivity index (χ4n) is 3.02. The molecule has 0 aliphatic carbocycles. The molecule has 0 saturated heterocycles. The van der Waals surface area contributed by atoms with Crippen molar-refractivity contribution in [2.75, 3.05) is 0 Å². The van der Waals surface area contributed by atoms with Crippen LogP contribution < -0.4 is 0 Å². The summed E-state index contributed by atoms with van der Waals surface area (Å²) in [5.41, 5.74) is 0.656. The van der Waals surface area contributed by atoms with Crippen LogP contribution >= 0.6 is 12.4 Å². The third-order valence-corrected chi connectivity index (χ3v) is 2.01. The number of hydrogen-bond donors (Lipinski definition) is 0. The molecule has 0 saturated carbocycles. The lowest BCUT2D eigenvalue weighted by Crippen LogP contribution is -2.60. The summed E-state index contributed by atoms with van der Waals surface area (Å²) in [4.78, 5) is 2.56. The first kappa shape index (κ1) is 16.7. The van der Waals surface area contributed by atoms with E-state index in [0.717, 1.165) is 0 Å². The van der Waals surface area contributed by atoms with Crippen molar-refractivity contribution in [2.24, 2.45) is 0 Å². The summed E-state index contributed by atoms with van der Waals surface area (Å²) in [6.07, 6.45) is 0. The number of hydrogen-bond acceptors (Lipinski definition) is 1. The van der Waals surface area contributed by atoms with E-state index in [2.05, 4.69) is 67.2 Å². The maximum absolute atomic E-state index is 2.56. The molecule has 88 valence electrons. The van der Waals surface area contributed by atoms with Crippen LogP contribution in [0.4, 0.5) is 0 Å². The Labute approximate surface area is 96.7 Å². The van der Waals surface area contributed by atoms with E-state index in [1.165, 1.54) is 0 Å². The van der Waals surface area contributed by atoms with Crippen LogP contribution in [-0.4, -0.2) is 21.5 Å². The monoisotopic (exact) mass is 221 g/mol. The second-order valence-corrected chi connectivity index (χ2v) is 6.85. The number of rotatable bonds is 0. The van der Waals surface area contributed by atoms with Crippen LogP contribution in [0.15, 0.2) is 0 Å². The highest BCUT2D eigenvalue weighted by Crippen LogP contribution is 2.32. The van der Waals surface area contributed by atoms with Crippen molar-refractivity contribution in [3.8, 4) is 0 Å². The van der Waals surface area contributed by atoms with E-state index in [1.54, 1.807) is 0 Å². The van der Waals surface area contributed by atoms with Crippen LogP contribution in [0, 0.1) is 0 Å². The van der Waals surface area contributed by atoms with Gasteiger partial charge >= 0.3 is 0 Å². The first-order valence-electron chi connectivity index (χ1n) is 5.17. The highest BCUT2D eigenvalue weighted by Gasteiger charge is 2.38. The standard InChI is InChI=1S/C12H27N.ClH/c1-10(2,3)13(11(4,5)6)12(7,8)9;/h1-9H3;1H. The quantitative estimate of drug-likeness (QED) is 0.595. The van der Waals surface area contributed by atoms with Gasteiger partial charge in [0.05, 0.1) is 0 Å². The Morgan fingerprint density at radius 1 is 0.500 bits per heavy atom. The molecule has 0 rings (SSSR count).